The van der Waals surface area contributed by atoms with E-state index >= 15 is 0 Å². The summed E-state index contributed by atoms with van der Waals surface area (Å²) in [7, 11) is 4.10. The molecule has 0 heterocycles. The van der Waals surface area contributed by atoms with E-state index < -0.39 is 0 Å². The van der Waals surface area contributed by atoms with Crippen molar-refractivity contribution in [2.24, 2.45) is 0 Å². The van der Waals surface area contributed by atoms with E-state index in [-0.39, 0.29) is 6.10 Å². The number of hydrogen-bond acceptors (Lipinski definition) is 2. The molecule has 1 aromatic carbocycles. The predicted molar refractivity (Wildman–Crippen MR) is 74.3 cm³/mol. The summed E-state index contributed by atoms with van der Waals surface area (Å²) < 4.78 is 5.88. The van der Waals surface area contributed by atoms with Crippen LogP contribution in [0.15, 0.2) is 36.1 Å². The fraction of sp³-hybridized carbons (Fsp3) is 0.467. The number of benzene rings is 1. The van der Waals surface area contributed by atoms with Gasteiger partial charge in [-0.1, -0.05) is 19.1 Å². The Morgan fingerprint density at radius 2 is 1.88 bits per heavy atom. The first-order valence-corrected chi connectivity index (χ1v) is 6.15. The third-order valence-electron chi connectivity index (χ3n) is 2.89. The van der Waals surface area contributed by atoms with Crippen molar-refractivity contribution in [3.63, 3.8) is 0 Å². The van der Waals surface area contributed by atoms with Crippen LogP contribution in [0.5, 0.6) is 0 Å². The van der Waals surface area contributed by atoms with Gasteiger partial charge in [-0.05, 0) is 44.0 Å². The Labute approximate surface area is 105 Å². The molecule has 0 saturated heterocycles. The Bertz CT molecular complexity index is 365. The van der Waals surface area contributed by atoms with Crippen LogP contribution in [0, 0.1) is 0 Å². The van der Waals surface area contributed by atoms with Gasteiger partial charge in [0.25, 0.3) is 0 Å². The second-order valence-electron chi connectivity index (χ2n) is 4.40. The molecule has 0 aliphatic carbocycles. The van der Waals surface area contributed by atoms with Crippen molar-refractivity contribution in [3.8, 4) is 0 Å². The molecule has 94 valence electrons. The summed E-state index contributed by atoms with van der Waals surface area (Å²) in [5.41, 5.74) is 2.45. The van der Waals surface area contributed by atoms with Crippen LogP contribution in [-0.4, -0.2) is 14.1 Å². The van der Waals surface area contributed by atoms with Crippen molar-refractivity contribution in [3.05, 3.63) is 41.7 Å². The van der Waals surface area contributed by atoms with Crippen LogP contribution in [0.4, 0.5) is 5.69 Å². The minimum absolute atomic E-state index is 0.155. The summed E-state index contributed by atoms with van der Waals surface area (Å²) >= 11 is 0. The van der Waals surface area contributed by atoms with Crippen molar-refractivity contribution in [1.29, 1.82) is 0 Å². The third-order valence-corrected chi connectivity index (χ3v) is 2.89. The average molecular weight is 233 g/mol. The van der Waals surface area contributed by atoms with E-state index in [9.17, 15) is 0 Å². The van der Waals surface area contributed by atoms with Crippen molar-refractivity contribution in [1.82, 2.24) is 0 Å². The molecule has 1 atom stereocenters. The molecule has 0 aliphatic rings. The van der Waals surface area contributed by atoms with Gasteiger partial charge in [0.2, 0.25) is 0 Å². The number of allylic oxidation sites excluding steroid dienone is 2. The molecule has 2 heteroatoms. The van der Waals surface area contributed by atoms with E-state index in [1.165, 1.54) is 11.3 Å². The molecule has 1 aromatic rings. The minimum Gasteiger partial charge on any atom is -0.491 e. The van der Waals surface area contributed by atoms with E-state index in [2.05, 4.69) is 36.1 Å². The maximum atomic E-state index is 5.88. The molecule has 2 nitrogen and oxygen atoms in total. The Kier molecular flexibility index (Phi) is 5.08. The van der Waals surface area contributed by atoms with Crippen molar-refractivity contribution in [2.45, 2.75) is 33.3 Å². The maximum Gasteiger partial charge on any atom is 0.123 e. The Balaban J connectivity index is 2.82. The Morgan fingerprint density at radius 3 is 2.29 bits per heavy atom. The molecule has 1 unspecified atom stereocenters. The van der Waals surface area contributed by atoms with E-state index in [1.54, 1.807) is 0 Å². The zero-order chi connectivity index (χ0) is 12.8. The van der Waals surface area contributed by atoms with Crippen molar-refractivity contribution < 1.29 is 4.74 Å². The molecule has 0 N–H and O–H groups in total. The summed E-state index contributed by atoms with van der Waals surface area (Å²) in [6, 6.07) is 8.55. The van der Waals surface area contributed by atoms with Gasteiger partial charge in [-0.2, -0.15) is 0 Å². The van der Waals surface area contributed by atoms with Gasteiger partial charge in [0.1, 0.15) is 6.10 Å². The van der Waals surface area contributed by atoms with E-state index in [1.807, 2.05) is 34.0 Å². The summed E-state index contributed by atoms with van der Waals surface area (Å²) in [5, 5.41) is 0. The molecule has 1 rings (SSSR count). The van der Waals surface area contributed by atoms with Gasteiger partial charge in [0.05, 0.1) is 5.76 Å². The van der Waals surface area contributed by atoms with Crippen LogP contribution in [-0.2, 0) is 4.74 Å². The molecule has 0 aliphatic heterocycles. The highest BCUT2D eigenvalue weighted by atomic mass is 16.5. The SMILES string of the molecule is CC=C(C)OC(CC)c1ccc(N(C)C)cc1. The standard InChI is InChI=1S/C15H23NO/c1-6-12(3)17-15(7-2)13-8-10-14(11-9-13)16(4)5/h6,8-11,15H,7H2,1-5H3. The highest BCUT2D eigenvalue weighted by Gasteiger charge is 2.10. The summed E-state index contributed by atoms with van der Waals surface area (Å²) in [6.45, 7) is 6.14. The van der Waals surface area contributed by atoms with Gasteiger partial charge in [0, 0.05) is 19.8 Å². The lowest BCUT2D eigenvalue weighted by Gasteiger charge is -2.19. The van der Waals surface area contributed by atoms with Gasteiger partial charge in [-0.25, -0.2) is 0 Å². The van der Waals surface area contributed by atoms with Crippen LogP contribution in [0.2, 0.25) is 0 Å². The topological polar surface area (TPSA) is 12.5 Å². The monoisotopic (exact) mass is 233 g/mol. The molecule has 0 radical (unpaired) electrons. The summed E-state index contributed by atoms with van der Waals surface area (Å²) in [5.74, 6) is 0.980. The van der Waals surface area contributed by atoms with Crippen molar-refractivity contribution >= 4 is 5.69 Å². The molecule has 0 bridgehead atoms. The second kappa shape index (κ2) is 6.33. The van der Waals surface area contributed by atoms with Crippen LogP contribution < -0.4 is 4.90 Å². The molecule has 0 saturated carbocycles. The zero-order valence-corrected chi connectivity index (χ0v) is 11.5. The third kappa shape index (κ3) is 3.81. The first-order chi connectivity index (χ1) is 8.08. The molecule has 0 spiro atoms. The van der Waals surface area contributed by atoms with Crippen LogP contribution in [0.1, 0.15) is 38.9 Å². The maximum absolute atomic E-state index is 5.88. The number of nitrogens with zero attached hydrogens (tertiary/aromatic N) is 1. The number of rotatable bonds is 5. The van der Waals surface area contributed by atoms with Gasteiger partial charge in [-0.15, -0.1) is 0 Å². The summed E-state index contributed by atoms with van der Waals surface area (Å²) in [4.78, 5) is 2.10. The predicted octanol–water partition coefficient (Wildman–Crippen LogP) is 4.14. The van der Waals surface area contributed by atoms with Crippen LogP contribution >= 0.6 is 0 Å². The highest BCUT2D eigenvalue weighted by molar-refractivity contribution is 5.46. The molecule has 0 fully saturated rings. The van der Waals surface area contributed by atoms with Crippen LogP contribution in [0.25, 0.3) is 0 Å². The summed E-state index contributed by atoms with van der Waals surface area (Å²) in [6.07, 6.45) is 3.13. The lowest BCUT2D eigenvalue weighted by molar-refractivity contribution is 0.114. The van der Waals surface area contributed by atoms with E-state index in [0.717, 1.165) is 12.2 Å². The Morgan fingerprint density at radius 1 is 1.29 bits per heavy atom. The lowest BCUT2D eigenvalue weighted by atomic mass is 10.1. The fourth-order valence-corrected chi connectivity index (χ4v) is 1.67. The number of hydrogen-bond donors (Lipinski definition) is 0. The first kappa shape index (κ1) is 13.6. The quantitative estimate of drug-likeness (QED) is 0.709. The van der Waals surface area contributed by atoms with Gasteiger partial charge in [0.15, 0.2) is 0 Å². The van der Waals surface area contributed by atoms with E-state index in [0.29, 0.717) is 0 Å². The fourth-order valence-electron chi connectivity index (χ4n) is 1.67. The minimum atomic E-state index is 0.155. The normalized spacial score (nSPS) is 13.4. The molecule has 17 heavy (non-hydrogen) atoms. The number of anilines is 1. The molecular weight excluding hydrogens is 210 g/mol. The van der Waals surface area contributed by atoms with Crippen molar-refractivity contribution in [2.75, 3.05) is 19.0 Å². The first-order valence-electron chi connectivity index (χ1n) is 6.15. The van der Waals surface area contributed by atoms with E-state index in [4.69, 9.17) is 4.74 Å². The smallest absolute Gasteiger partial charge is 0.123 e. The lowest BCUT2D eigenvalue weighted by Crippen LogP contribution is -2.09. The van der Waals surface area contributed by atoms with Gasteiger partial charge in [-0.3, -0.25) is 0 Å². The highest BCUT2D eigenvalue weighted by Crippen LogP contribution is 2.25. The van der Waals surface area contributed by atoms with Crippen LogP contribution in [0.3, 0.4) is 0 Å². The molecule has 0 amide bonds. The average Bonchev–Trinajstić information content (AvgIpc) is 2.35. The second-order valence-corrected chi connectivity index (χ2v) is 4.40. The van der Waals surface area contributed by atoms with Gasteiger partial charge >= 0.3 is 0 Å². The Hall–Kier alpha value is -1.44. The zero-order valence-electron chi connectivity index (χ0n) is 11.5. The molecule has 0 aromatic heterocycles. The number of ether oxygens (including phenoxy) is 1. The largest absolute Gasteiger partial charge is 0.491 e. The molecular formula is C15H23NO. The van der Waals surface area contributed by atoms with Gasteiger partial charge < -0.3 is 9.64 Å².